The lowest BCUT2D eigenvalue weighted by atomic mass is 9.95. The number of aliphatic hydroxyl groups excluding tert-OH is 2. The summed E-state index contributed by atoms with van der Waals surface area (Å²) in [6.07, 6.45) is -0.666. The van der Waals surface area contributed by atoms with E-state index < -0.39 is 6.10 Å². The molecule has 1 heterocycles. The van der Waals surface area contributed by atoms with Gasteiger partial charge in [0.05, 0.1) is 5.92 Å². The number of ether oxygens (including phenoxy) is 1. The Kier molecular flexibility index (Phi) is 5.62. The van der Waals surface area contributed by atoms with E-state index in [2.05, 4.69) is 10.6 Å². The van der Waals surface area contributed by atoms with Crippen LogP contribution in [-0.4, -0.2) is 48.5 Å². The maximum absolute atomic E-state index is 11.7. The van der Waals surface area contributed by atoms with Crippen molar-refractivity contribution >= 4 is 11.6 Å². The summed E-state index contributed by atoms with van der Waals surface area (Å²) < 4.78 is 5.71. The molecule has 0 saturated carbocycles. The van der Waals surface area contributed by atoms with Crippen LogP contribution in [0.25, 0.3) is 0 Å². The van der Waals surface area contributed by atoms with Crippen LogP contribution >= 0.6 is 0 Å². The number of benzene rings is 1. The van der Waals surface area contributed by atoms with Crippen molar-refractivity contribution < 1.29 is 19.7 Å². The van der Waals surface area contributed by atoms with E-state index in [1.165, 1.54) is 0 Å². The van der Waals surface area contributed by atoms with Gasteiger partial charge in [0.15, 0.2) is 0 Å². The Morgan fingerprint density at radius 2 is 2.17 bits per heavy atom. The smallest absolute Gasteiger partial charge is 0.231 e. The number of hydrogen-bond acceptors (Lipinski definition) is 5. The molecule has 0 aromatic heterocycles. The van der Waals surface area contributed by atoms with Gasteiger partial charge >= 0.3 is 0 Å². The summed E-state index contributed by atoms with van der Waals surface area (Å²) in [6.45, 7) is 6.94. The largest absolute Gasteiger partial charge is 0.490 e. The summed E-state index contributed by atoms with van der Waals surface area (Å²) in [5.41, 5.74) is 1.40. The minimum absolute atomic E-state index is 0.0375. The lowest BCUT2D eigenvalue weighted by molar-refractivity contribution is -0.116. The van der Waals surface area contributed by atoms with Gasteiger partial charge in [0.25, 0.3) is 0 Å². The number of rotatable bonds is 8. The minimum atomic E-state index is -0.666. The van der Waals surface area contributed by atoms with E-state index in [4.69, 9.17) is 4.74 Å². The highest BCUT2D eigenvalue weighted by atomic mass is 16.5. The van der Waals surface area contributed by atoms with E-state index in [1.54, 1.807) is 0 Å². The quantitative estimate of drug-likeness (QED) is 0.575. The molecule has 0 bridgehead atoms. The van der Waals surface area contributed by atoms with Crippen molar-refractivity contribution in [3.63, 3.8) is 0 Å². The summed E-state index contributed by atoms with van der Waals surface area (Å²) in [5.74, 6) is 0.342. The SMILES string of the molecule is CC1C(=O)Nc2cccc(OCC(O)CNCC(C)(C)CO)c21. The molecule has 0 aliphatic carbocycles. The van der Waals surface area contributed by atoms with Gasteiger partial charge in [0.1, 0.15) is 18.5 Å². The molecule has 4 N–H and O–H groups in total. The Hall–Kier alpha value is -1.63. The Morgan fingerprint density at radius 3 is 2.87 bits per heavy atom. The van der Waals surface area contributed by atoms with Crippen LogP contribution in [-0.2, 0) is 4.79 Å². The fraction of sp³-hybridized carbons (Fsp3) is 0.588. The van der Waals surface area contributed by atoms with Gasteiger partial charge in [-0.2, -0.15) is 0 Å². The van der Waals surface area contributed by atoms with Crippen LogP contribution in [0.5, 0.6) is 5.75 Å². The predicted molar refractivity (Wildman–Crippen MR) is 88.7 cm³/mol. The molecule has 1 aliphatic heterocycles. The molecule has 2 atom stereocenters. The van der Waals surface area contributed by atoms with Gasteiger partial charge in [-0.25, -0.2) is 0 Å². The van der Waals surface area contributed by atoms with Crippen molar-refractivity contribution in [1.82, 2.24) is 5.32 Å². The molecule has 0 spiro atoms. The van der Waals surface area contributed by atoms with Gasteiger partial charge < -0.3 is 25.6 Å². The van der Waals surface area contributed by atoms with Crippen LogP contribution < -0.4 is 15.4 Å². The van der Waals surface area contributed by atoms with Gasteiger partial charge in [0, 0.05) is 36.4 Å². The first-order chi connectivity index (χ1) is 10.8. The van der Waals surface area contributed by atoms with E-state index in [-0.39, 0.29) is 30.5 Å². The average Bonchev–Trinajstić information content (AvgIpc) is 2.80. The lowest BCUT2D eigenvalue weighted by Crippen LogP contribution is -2.38. The van der Waals surface area contributed by atoms with Crippen molar-refractivity contribution in [2.45, 2.75) is 32.8 Å². The normalized spacial score (nSPS) is 18.5. The van der Waals surface area contributed by atoms with Crippen molar-refractivity contribution in [3.05, 3.63) is 23.8 Å². The van der Waals surface area contributed by atoms with Crippen LogP contribution in [0.15, 0.2) is 18.2 Å². The summed E-state index contributed by atoms with van der Waals surface area (Å²) in [7, 11) is 0. The summed E-state index contributed by atoms with van der Waals surface area (Å²) in [4.78, 5) is 11.7. The average molecular weight is 322 g/mol. The number of nitrogens with one attached hydrogen (secondary N) is 2. The second-order valence-corrected chi connectivity index (χ2v) is 6.85. The number of anilines is 1. The third kappa shape index (κ3) is 4.43. The van der Waals surface area contributed by atoms with E-state index in [9.17, 15) is 15.0 Å². The first kappa shape index (κ1) is 17.7. The molecule has 2 unspecified atom stereocenters. The van der Waals surface area contributed by atoms with Crippen LogP contribution in [0.2, 0.25) is 0 Å². The van der Waals surface area contributed by atoms with E-state index in [1.807, 2.05) is 39.0 Å². The highest BCUT2D eigenvalue weighted by molar-refractivity contribution is 6.03. The highest BCUT2D eigenvalue weighted by Crippen LogP contribution is 2.38. The molecule has 0 radical (unpaired) electrons. The molecule has 1 aliphatic rings. The van der Waals surface area contributed by atoms with Crippen molar-refractivity contribution in [2.75, 3.05) is 31.6 Å². The molecule has 0 fully saturated rings. The zero-order chi connectivity index (χ0) is 17.0. The van der Waals surface area contributed by atoms with Gasteiger partial charge in [-0.3, -0.25) is 4.79 Å². The first-order valence-electron chi connectivity index (χ1n) is 7.90. The fourth-order valence-corrected chi connectivity index (χ4v) is 2.48. The molecule has 6 nitrogen and oxygen atoms in total. The topological polar surface area (TPSA) is 90.8 Å². The zero-order valence-electron chi connectivity index (χ0n) is 13.9. The lowest BCUT2D eigenvalue weighted by Gasteiger charge is -2.23. The molecular formula is C17H26N2O4. The Labute approximate surface area is 136 Å². The maximum atomic E-state index is 11.7. The van der Waals surface area contributed by atoms with Crippen LogP contribution in [0.3, 0.4) is 0 Å². The number of fused-ring (bicyclic) bond motifs is 1. The number of carbonyl (C=O) groups is 1. The summed E-state index contributed by atoms with van der Waals surface area (Å²) >= 11 is 0. The number of carbonyl (C=O) groups excluding carboxylic acids is 1. The molecule has 128 valence electrons. The molecule has 0 saturated heterocycles. The zero-order valence-corrected chi connectivity index (χ0v) is 13.9. The monoisotopic (exact) mass is 322 g/mol. The van der Waals surface area contributed by atoms with E-state index in [0.717, 1.165) is 11.3 Å². The van der Waals surface area contributed by atoms with Crippen molar-refractivity contribution in [1.29, 1.82) is 0 Å². The Bertz CT molecular complexity index is 560. The Morgan fingerprint density at radius 1 is 1.43 bits per heavy atom. The highest BCUT2D eigenvalue weighted by Gasteiger charge is 2.29. The summed E-state index contributed by atoms with van der Waals surface area (Å²) in [6, 6.07) is 5.48. The van der Waals surface area contributed by atoms with Gasteiger partial charge in [-0.05, 0) is 19.1 Å². The molecule has 23 heavy (non-hydrogen) atoms. The Balaban J connectivity index is 1.85. The second-order valence-electron chi connectivity index (χ2n) is 6.85. The molecule has 1 aromatic carbocycles. The van der Waals surface area contributed by atoms with Gasteiger partial charge in [-0.1, -0.05) is 19.9 Å². The van der Waals surface area contributed by atoms with E-state index >= 15 is 0 Å². The maximum Gasteiger partial charge on any atom is 0.231 e. The second kappa shape index (κ2) is 7.29. The first-order valence-corrected chi connectivity index (χ1v) is 7.90. The van der Waals surface area contributed by atoms with Crippen LogP contribution in [0.1, 0.15) is 32.3 Å². The van der Waals surface area contributed by atoms with Crippen molar-refractivity contribution in [2.24, 2.45) is 5.41 Å². The van der Waals surface area contributed by atoms with E-state index in [0.29, 0.717) is 18.8 Å². The molecular weight excluding hydrogens is 296 g/mol. The third-order valence-electron chi connectivity index (χ3n) is 3.99. The van der Waals surface area contributed by atoms with Crippen molar-refractivity contribution in [3.8, 4) is 5.75 Å². The molecule has 6 heteroatoms. The minimum Gasteiger partial charge on any atom is -0.490 e. The molecule has 2 rings (SSSR count). The third-order valence-corrected chi connectivity index (χ3v) is 3.99. The molecule has 1 amide bonds. The van der Waals surface area contributed by atoms with Gasteiger partial charge in [0.2, 0.25) is 5.91 Å². The number of aliphatic hydroxyl groups is 2. The number of hydrogen-bond donors (Lipinski definition) is 4. The van der Waals surface area contributed by atoms with Crippen LogP contribution in [0, 0.1) is 5.41 Å². The number of amides is 1. The van der Waals surface area contributed by atoms with Gasteiger partial charge in [-0.15, -0.1) is 0 Å². The predicted octanol–water partition coefficient (Wildman–Crippen LogP) is 1.09. The standard InChI is InChI=1S/C17H26N2O4/c1-11-15-13(19-16(11)22)5-4-6-14(15)23-8-12(21)7-18-9-17(2,3)10-20/h4-6,11-12,18,20-21H,7-10H2,1-3H3,(H,19,22). The summed E-state index contributed by atoms with van der Waals surface area (Å²) in [5, 5.41) is 25.1. The van der Waals surface area contributed by atoms with Crippen LogP contribution in [0.4, 0.5) is 5.69 Å². The molecule has 1 aromatic rings. The fourth-order valence-electron chi connectivity index (χ4n) is 2.48.